The Bertz CT molecular complexity index is 1090. The minimum absolute atomic E-state index is 0.359. The van der Waals surface area contributed by atoms with Crippen LogP contribution in [0.5, 0.6) is 5.88 Å². The van der Waals surface area contributed by atoms with Gasteiger partial charge in [0.05, 0.1) is 13.4 Å². The van der Waals surface area contributed by atoms with Crippen LogP contribution in [-0.4, -0.2) is 79.6 Å². The predicted molar refractivity (Wildman–Crippen MR) is 109 cm³/mol. The number of fused-ring (bicyclic) bond motifs is 1. The third-order valence-corrected chi connectivity index (χ3v) is 4.98. The number of nitrogens with one attached hydrogen (secondary N) is 2. The van der Waals surface area contributed by atoms with Crippen molar-refractivity contribution in [3.8, 4) is 17.3 Å². The average molecular weight is 429 g/mol. The van der Waals surface area contributed by atoms with Crippen LogP contribution in [0.25, 0.3) is 22.6 Å². The fourth-order valence-corrected chi connectivity index (χ4v) is 3.42. The zero-order valence-electron chi connectivity index (χ0n) is 17.2. The Labute approximate surface area is 177 Å². The number of pyridine rings is 1. The summed E-state index contributed by atoms with van der Waals surface area (Å²) in [6.45, 7) is 2.13. The molecule has 4 atom stereocenters. The van der Waals surface area contributed by atoms with Gasteiger partial charge in [0.25, 0.3) is 5.91 Å². The van der Waals surface area contributed by atoms with Crippen LogP contribution < -0.4 is 15.4 Å². The molecule has 12 heteroatoms. The lowest BCUT2D eigenvalue weighted by Gasteiger charge is -2.17. The number of aromatic nitrogens is 5. The Morgan fingerprint density at radius 3 is 2.71 bits per heavy atom. The van der Waals surface area contributed by atoms with Gasteiger partial charge in [0.15, 0.2) is 35.1 Å². The second kappa shape index (κ2) is 8.41. The van der Waals surface area contributed by atoms with Gasteiger partial charge in [0.1, 0.15) is 12.2 Å². The van der Waals surface area contributed by atoms with E-state index in [1.54, 1.807) is 32.3 Å². The Morgan fingerprint density at radius 2 is 2.06 bits per heavy atom. The summed E-state index contributed by atoms with van der Waals surface area (Å²) in [5.41, 5.74) is 1.44. The quantitative estimate of drug-likeness (QED) is 0.410. The van der Waals surface area contributed by atoms with E-state index in [1.165, 1.54) is 18.0 Å². The second-order valence-electron chi connectivity index (χ2n) is 6.88. The Morgan fingerprint density at radius 1 is 1.26 bits per heavy atom. The number of methoxy groups -OCH3 is 1. The lowest BCUT2D eigenvalue weighted by atomic mass is 10.1. The summed E-state index contributed by atoms with van der Waals surface area (Å²) in [7, 11) is 3.23. The minimum Gasteiger partial charge on any atom is -0.481 e. The van der Waals surface area contributed by atoms with Crippen LogP contribution >= 0.6 is 0 Å². The number of carbonyl (C=O) groups is 1. The van der Waals surface area contributed by atoms with E-state index in [0.717, 1.165) is 0 Å². The average Bonchev–Trinajstić information content (AvgIpc) is 3.34. The van der Waals surface area contributed by atoms with Crippen LogP contribution in [0.4, 0.5) is 5.82 Å². The Balaban J connectivity index is 1.76. The standard InChI is InChI=1S/C19H23N7O5/c1-4-21-18(29)14-12(27)13(28)19(31-14)26-8-23-11-16(20-2)24-15(25-17(11)26)9-5-6-10(30-3)22-7-9/h5-8,12-14,19,27-28H,4H2,1-3H3,(H,21,29)(H,20,24,25)/t12-,13+,14-,19+/m0/s1. The van der Waals surface area contributed by atoms with Gasteiger partial charge in [-0.05, 0) is 13.0 Å². The molecule has 3 aromatic rings. The van der Waals surface area contributed by atoms with E-state index < -0.39 is 30.4 Å². The zero-order chi connectivity index (χ0) is 22.1. The smallest absolute Gasteiger partial charge is 0.252 e. The van der Waals surface area contributed by atoms with Crippen molar-refractivity contribution in [2.75, 3.05) is 26.0 Å². The number of hydrogen-bond donors (Lipinski definition) is 4. The van der Waals surface area contributed by atoms with E-state index >= 15 is 0 Å². The first-order chi connectivity index (χ1) is 15.0. The summed E-state index contributed by atoms with van der Waals surface area (Å²) >= 11 is 0. The van der Waals surface area contributed by atoms with Crippen molar-refractivity contribution in [3.05, 3.63) is 24.7 Å². The molecule has 31 heavy (non-hydrogen) atoms. The first-order valence-corrected chi connectivity index (χ1v) is 9.70. The third kappa shape index (κ3) is 3.65. The van der Waals surface area contributed by atoms with Crippen molar-refractivity contribution < 1.29 is 24.5 Å². The molecule has 3 aromatic heterocycles. The summed E-state index contributed by atoms with van der Waals surface area (Å²) in [4.78, 5) is 29.8. The van der Waals surface area contributed by atoms with E-state index in [0.29, 0.717) is 40.8 Å². The molecule has 1 aliphatic rings. The number of ether oxygens (including phenoxy) is 2. The maximum absolute atomic E-state index is 12.2. The van der Waals surface area contributed by atoms with E-state index in [1.807, 2.05) is 0 Å². The monoisotopic (exact) mass is 429 g/mol. The fraction of sp³-hybridized carbons (Fsp3) is 0.421. The zero-order valence-corrected chi connectivity index (χ0v) is 17.2. The summed E-state index contributed by atoms with van der Waals surface area (Å²) in [5.74, 6) is 0.776. The molecule has 1 amide bonds. The molecule has 4 rings (SSSR count). The molecular formula is C19H23N7O5. The first-order valence-electron chi connectivity index (χ1n) is 9.70. The van der Waals surface area contributed by atoms with Crippen molar-refractivity contribution in [1.82, 2.24) is 29.8 Å². The van der Waals surface area contributed by atoms with Crippen LogP contribution in [0.1, 0.15) is 13.2 Å². The number of carbonyl (C=O) groups excluding carboxylic acids is 1. The predicted octanol–water partition coefficient (Wildman–Crippen LogP) is -0.306. The highest BCUT2D eigenvalue weighted by atomic mass is 16.6. The van der Waals surface area contributed by atoms with Gasteiger partial charge in [-0.15, -0.1) is 0 Å². The van der Waals surface area contributed by atoms with Gasteiger partial charge in [0.2, 0.25) is 5.88 Å². The van der Waals surface area contributed by atoms with Crippen molar-refractivity contribution in [2.45, 2.75) is 31.5 Å². The van der Waals surface area contributed by atoms with E-state index in [9.17, 15) is 15.0 Å². The lowest BCUT2D eigenvalue weighted by molar-refractivity contribution is -0.137. The van der Waals surface area contributed by atoms with Gasteiger partial charge in [-0.1, -0.05) is 0 Å². The molecular weight excluding hydrogens is 406 g/mol. The van der Waals surface area contributed by atoms with Gasteiger partial charge in [0, 0.05) is 31.4 Å². The minimum atomic E-state index is -1.40. The molecule has 0 aliphatic carbocycles. The van der Waals surface area contributed by atoms with Crippen molar-refractivity contribution in [2.24, 2.45) is 0 Å². The molecule has 1 aliphatic heterocycles. The summed E-state index contributed by atoms with van der Waals surface area (Å²) < 4.78 is 12.3. The lowest BCUT2D eigenvalue weighted by Crippen LogP contribution is -2.42. The molecule has 4 heterocycles. The van der Waals surface area contributed by atoms with Crippen molar-refractivity contribution >= 4 is 22.9 Å². The van der Waals surface area contributed by atoms with Crippen molar-refractivity contribution in [1.29, 1.82) is 0 Å². The van der Waals surface area contributed by atoms with Crippen LogP contribution in [0.2, 0.25) is 0 Å². The molecule has 1 fully saturated rings. The number of aliphatic hydroxyl groups excluding tert-OH is 2. The number of hydrogen-bond acceptors (Lipinski definition) is 10. The normalized spacial score (nSPS) is 23.1. The molecule has 0 unspecified atom stereocenters. The summed E-state index contributed by atoms with van der Waals surface area (Å²) in [6, 6.07) is 3.46. The first kappa shape index (κ1) is 20.9. The number of amides is 1. The van der Waals surface area contributed by atoms with Gasteiger partial charge in [-0.3, -0.25) is 9.36 Å². The summed E-state index contributed by atoms with van der Waals surface area (Å²) in [6.07, 6.45) is -2.02. The summed E-state index contributed by atoms with van der Waals surface area (Å²) in [5, 5.41) is 26.5. The molecule has 4 N–H and O–H groups in total. The highest BCUT2D eigenvalue weighted by molar-refractivity contribution is 5.85. The maximum atomic E-state index is 12.2. The Kier molecular flexibility index (Phi) is 5.67. The molecule has 0 spiro atoms. The number of imidazole rings is 1. The molecule has 0 bridgehead atoms. The number of nitrogens with zero attached hydrogens (tertiary/aromatic N) is 5. The number of rotatable bonds is 6. The van der Waals surface area contributed by atoms with Crippen molar-refractivity contribution in [3.63, 3.8) is 0 Å². The molecule has 0 radical (unpaired) electrons. The van der Waals surface area contributed by atoms with Crippen LogP contribution in [0, 0.1) is 0 Å². The van der Waals surface area contributed by atoms with Gasteiger partial charge < -0.3 is 30.3 Å². The van der Waals surface area contributed by atoms with Crippen LogP contribution in [0.3, 0.4) is 0 Å². The number of aliphatic hydroxyl groups is 2. The van der Waals surface area contributed by atoms with Gasteiger partial charge in [-0.25, -0.2) is 19.9 Å². The maximum Gasteiger partial charge on any atom is 0.252 e. The SMILES string of the molecule is CCNC(=O)[C@H]1O[C@@H](n2cnc3c(NC)nc(-c4ccc(OC)nc4)nc32)[C@H](O)[C@@H]1O. The molecule has 0 saturated carbocycles. The molecule has 164 valence electrons. The largest absolute Gasteiger partial charge is 0.481 e. The third-order valence-electron chi connectivity index (χ3n) is 4.98. The second-order valence-corrected chi connectivity index (χ2v) is 6.88. The number of likely N-dealkylation sites (N-methyl/N-ethyl adjacent to an activating group) is 1. The molecule has 12 nitrogen and oxygen atoms in total. The topological polar surface area (TPSA) is 157 Å². The van der Waals surface area contributed by atoms with Gasteiger partial charge >= 0.3 is 0 Å². The number of anilines is 1. The van der Waals surface area contributed by atoms with Gasteiger partial charge in [-0.2, -0.15) is 0 Å². The highest BCUT2D eigenvalue weighted by Crippen LogP contribution is 2.33. The van der Waals surface area contributed by atoms with Crippen LogP contribution in [0.15, 0.2) is 24.7 Å². The molecule has 0 aromatic carbocycles. The van der Waals surface area contributed by atoms with E-state index in [2.05, 4.69) is 30.6 Å². The van der Waals surface area contributed by atoms with E-state index in [-0.39, 0.29) is 0 Å². The Hall–Kier alpha value is -3.35. The van der Waals surface area contributed by atoms with Crippen LogP contribution in [-0.2, 0) is 9.53 Å². The van der Waals surface area contributed by atoms with E-state index in [4.69, 9.17) is 9.47 Å². The fourth-order valence-electron chi connectivity index (χ4n) is 3.42. The molecule has 1 saturated heterocycles. The highest BCUT2D eigenvalue weighted by Gasteiger charge is 2.47.